The van der Waals surface area contributed by atoms with Crippen molar-refractivity contribution < 1.29 is 22.6 Å². The van der Waals surface area contributed by atoms with Crippen molar-refractivity contribution in [1.29, 1.82) is 0 Å². The first-order valence-electron chi connectivity index (χ1n) is 9.84. The molecular formula is C21H24BrNO5S. The molecule has 0 spiro atoms. The number of fused-ring (bicyclic) bond motifs is 1. The maximum Gasteiger partial charge on any atom is 0.247 e. The maximum atomic E-state index is 13.6. The van der Waals surface area contributed by atoms with Crippen molar-refractivity contribution in [2.45, 2.75) is 37.1 Å². The van der Waals surface area contributed by atoms with E-state index in [9.17, 15) is 8.42 Å². The lowest BCUT2D eigenvalue weighted by atomic mass is 10.0. The molecule has 1 atom stereocenters. The molecule has 0 amide bonds. The average Bonchev–Trinajstić information content (AvgIpc) is 3.09. The normalized spacial score (nSPS) is 19.7. The van der Waals surface area contributed by atoms with E-state index in [1.165, 1.54) is 0 Å². The van der Waals surface area contributed by atoms with Crippen LogP contribution in [0.1, 0.15) is 37.8 Å². The third-order valence-electron chi connectivity index (χ3n) is 5.15. The minimum Gasteiger partial charge on any atom is -0.492 e. The summed E-state index contributed by atoms with van der Waals surface area (Å²) in [7, 11) is -3.73. The molecule has 0 aliphatic carbocycles. The van der Waals surface area contributed by atoms with E-state index in [1.807, 2.05) is 25.1 Å². The summed E-state index contributed by atoms with van der Waals surface area (Å²) in [6.45, 7) is 3.93. The Bertz CT molecular complexity index is 995. The third kappa shape index (κ3) is 4.11. The predicted molar refractivity (Wildman–Crippen MR) is 113 cm³/mol. The lowest BCUT2D eigenvalue weighted by Crippen LogP contribution is -2.31. The monoisotopic (exact) mass is 481 g/mol. The summed E-state index contributed by atoms with van der Waals surface area (Å²) in [5.74, 6) is 1.77. The van der Waals surface area contributed by atoms with Gasteiger partial charge in [-0.2, -0.15) is 4.31 Å². The average molecular weight is 482 g/mol. The number of hydrogen-bond acceptors (Lipinski definition) is 5. The van der Waals surface area contributed by atoms with Gasteiger partial charge >= 0.3 is 0 Å². The highest BCUT2D eigenvalue weighted by molar-refractivity contribution is 9.10. The molecule has 0 bridgehead atoms. The molecule has 0 radical (unpaired) electrons. The molecule has 2 aromatic carbocycles. The van der Waals surface area contributed by atoms with Gasteiger partial charge < -0.3 is 14.2 Å². The SMILES string of the molecule is CCOc1ccc(Br)cc1S(=O)(=O)N1CCCC1c1ccc2c(c1)OCCCO2. The Balaban J connectivity index is 1.70. The van der Waals surface area contributed by atoms with E-state index in [4.69, 9.17) is 14.2 Å². The Hall–Kier alpha value is -1.77. The van der Waals surface area contributed by atoms with Gasteiger partial charge in [0.25, 0.3) is 0 Å². The van der Waals surface area contributed by atoms with Gasteiger partial charge in [-0.3, -0.25) is 0 Å². The highest BCUT2D eigenvalue weighted by Gasteiger charge is 2.38. The summed E-state index contributed by atoms with van der Waals surface area (Å²) in [6, 6.07) is 10.6. The van der Waals surface area contributed by atoms with Gasteiger partial charge in [-0.1, -0.05) is 22.0 Å². The van der Waals surface area contributed by atoms with Gasteiger partial charge in [-0.05, 0) is 55.7 Å². The molecule has 6 nitrogen and oxygen atoms in total. The Morgan fingerprint density at radius 1 is 1.10 bits per heavy atom. The van der Waals surface area contributed by atoms with Crippen molar-refractivity contribution in [1.82, 2.24) is 4.31 Å². The molecule has 0 saturated carbocycles. The fourth-order valence-corrected chi connectivity index (χ4v) is 6.19. The smallest absolute Gasteiger partial charge is 0.247 e. The van der Waals surface area contributed by atoms with E-state index >= 15 is 0 Å². The molecule has 1 saturated heterocycles. The van der Waals surface area contributed by atoms with E-state index in [2.05, 4.69) is 15.9 Å². The lowest BCUT2D eigenvalue weighted by molar-refractivity contribution is 0.296. The molecule has 0 aromatic heterocycles. The van der Waals surface area contributed by atoms with Crippen LogP contribution in [0.3, 0.4) is 0 Å². The molecule has 2 aliphatic heterocycles. The van der Waals surface area contributed by atoms with Crippen molar-refractivity contribution in [2.24, 2.45) is 0 Å². The second kappa shape index (κ2) is 8.53. The zero-order chi connectivity index (χ0) is 20.4. The predicted octanol–water partition coefficient (Wildman–Crippen LogP) is 4.53. The molecular weight excluding hydrogens is 458 g/mol. The Kier molecular flexibility index (Phi) is 6.03. The van der Waals surface area contributed by atoms with E-state index in [1.54, 1.807) is 22.5 Å². The Morgan fingerprint density at radius 3 is 2.69 bits per heavy atom. The zero-order valence-electron chi connectivity index (χ0n) is 16.3. The van der Waals surface area contributed by atoms with E-state index in [-0.39, 0.29) is 10.9 Å². The highest BCUT2D eigenvalue weighted by Crippen LogP contribution is 2.42. The number of ether oxygens (including phenoxy) is 3. The molecule has 29 heavy (non-hydrogen) atoms. The summed E-state index contributed by atoms with van der Waals surface area (Å²) in [4.78, 5) is 0.190. The van der Waals surface area contributed by atoms with Crippen LogP contribution in [-0.2, 0) is 10.0 Å². The summed E-state index contributed by atoms with van der Waals surface area (Å²) in [5, 5.41) is 0. The van der Waals surface area contributed by atoms with Crippen molar-refractivity contribution >= 4 is 26.0 Å². The number of benzene rings is 2. The maximum absolute atomic E-state index is 13.6. The van der Waals surface area contributed by atoms with Crippen LogP contribution in [0, 0.1) is 0 Å². The molecule has 0 N–H and O–H groups in total. The molecule has 156 valence electrons. The van der Waals surface area contributed by atoms with E-state index in [0.29, 0.717) is 48.1 Å². The van der Waals surface area contributed by atoms with E-state index in [0.717, 1.165) is 24.8 Å². The number of rotatable bonds is 5. The molecule has 1 fully saturated rings. The summed E-state index contributed by atoms with van der Waals surface area (Å²) in [5.41, 5.74) is 0.920. The summed E-state index contributed by atoms with van der Waals surface area (Å²) in [6.07, 6.45) is 2.39. The van der Waals surface area contributed by atoms with Crippen LogP contribution in [0.15, 0.2) is 45.8 Å². The minimum absolute atomic E-state index is 0.190. The first-order chi connectivity index (χ1) is 14.0. The van der Waals surface area contributed by atoms with Crippen LogP contribution in [-0.4, -0.2) is 39.1 Å². The fourth-order valence-electron chi connectivity index (χ4n) is 3.83. The standard InChI is InChI=1S/C21H24BrNO5S/c1-2-26-19-9-7-16(22)14-21(19)29(24,25)23-10-3-5-17(23)15-6-8-18-20(13-15)28-12-4-11-27-18/h6-9,13-14,17H,2-5,10-12H2,1H3. The van der Waals surface area contributed by atoms with Crippen LogP contribution >= 0.6 is 15.9 Å². The van der Waals surface area contributed by atoms with Crippen LogP contribution in [0.2, 0.25) is 0 Å². The largest absolute Gasteiger partial charge is 0.492 e. The minimum atomic E-state index is -3.73. The van der Waals surface area contributed by atoms with Crippen molar-refractivity contribution in [2.75, 3.05) is 26.4 Å². The number of halogens is 1. The Labute approximate surface area is 179 Å². The molecule has 2 heterocycles. The molecule has 2 aromatic rings. The van der Waals surface area contributed by atoms with Gasteiger partial charge in [-0.15, -0.1) is 0 Å². The molecule has 2 aliphatic rings. The summed E-state index contributed by atoms with van der Waals surface area (Å²) < 4.78 is 46.6. The zero-order valence-corrected chi connectivity index (χ0v) is 18.7. The van der Waals surface area contributed by atoms with Gasteiger partial charge in [0.15, 0.2) is 11.5 Å². The van der Waals surface area contributed by atoms with Gasteiger partial charge in [0, 0.05) is 17.4 Å². The van der Waals surface area contributed by atoms with Crippen molar-refractivity contribution in [3.63, 3.8) is 0 Å². The Morgan fingerprint density at radius 2 is 1.90 bits per heavy atom. The van der Waals surface area contributed by atoms with Crippen LogP contribution in [0.25, 0.3) is 0 Å². The van der Waals surface area contributed by atoms with Gasteiger partial charge in [0.2, 0.25) is 10.0 Å². The first kappa shape index (κ1) is 20.5. The number of hydrogen-bond donors (Lipinski definition) is 0. The second-order valence-corrected chi connectivity index (χ2v) is 9.83. The van der Waals surface area contributed by atoms with Crippen LogP contribution in [0.5, 0.6) is 17.2 Å². The van der Waals surface area contributed by atoms with Crippen LogP contribution < -0.4 is 14.2 Å². The van der Waals surface area contributed by atoms with Gasteiger partial charge in [0.05, 0.1) is 25.9 Å². The van der Waals surface area contributed by atoms with Gasteiger partial charge in [0.1, 0.15) is 10.6 Å². The second-order valence-electron chi connectivity index (χ2n) is 7.05. The highest BCUT2D eigenvalue weighted by atomic mass is 79.9. The molecule has 1 unspecified atom stereocenters. The number of nitrogens with zero attached hydrogens (tertiary/aromatic N) is 1. The third-order valence-corrected chi connectivity index (χ3v) is 7.57. The van der Waals surface area contributed by atoms with Crippen LogP contribution in [0.4, 0.5) is 0 Å². The van der Waals surface area contributed by atoms with Crippen molar-refractivity contribution in [3.05, 3.63) is 46.4 Å². The molecule has 8 heteroatoms. The van der Waals surface area contributed by atoms with Gasteiger partial charge in [-0.25, -0.2) is 8.42 Å². The lowest BCUT2D eigenvalue weighted by Gasteiger charge is -2.26. The fraction of sp³-hybridized carbons (Fsp3) is 0.429. The summed E-state index contributed by atoms with van der Waals surface area (Å²) >= 11 is 3.39. The van der Waals surface area contributed by atoms with Crippen molar-refractivity contribution in [3.8, 4) is 17.2 Å². The van der Waals surface area contributed by atoms with E-state index < -0.39 is 10.0 Å². The topological polar surface area (TPSA) is 65.1 Å². The molecule has 4 rings (SSSR count). The quantitative estimate of drug-likeness (QED) is 0.627. The number of sulfonamides is 1. The first-order valence-corrected chi connectivity index (χ1v) is 12.1.